The van der Waals surface area contributed by atoms with Crippen LogP contribution >= 0.6 is 0 Å². The van der Waals surface area contributed by atoms with E-state index >= 15 is 0 Å². The molecule has 0 fully saturated rings. The van der Waals surface area contributed by atoms with Crippen molar-refractivity contribution in [2.75, 3.05) is 0 Å². The van der Waals surface area contributed by atoms with Crippen LogP contribution in [0.2, 0.25) is 0 Å². The van der Waals surface area contributed by atoms with Crippen LogP contribution in [0.25, 0.3) is 32.7 Å². The Morgan fingerprint density at radius 3 is 1.30 bits per heavy atom. The zero-order valence-electron chi connectivity index (χ0n) is 12.9. The highest BCUT2D eigenvalue weighted by molar-refractivity contribution is 6.07. The summed E-state index contributed by atoms with van der Waals surface area (Å²) in [6.45, 7) is 4.42. The Labute approximate surface area is 138 Å². The standard InChI is InChI=1S/C22H18.CH4/c1-15-11-13-17-7-3-5-9-19(17)21(15)22-16(2)12-14-18-8-4-6-10-20(18)22;/h3-14H,1-2H3;1H4. The van der Waals surface area contributed by atoms with E-state index in [4.69, 9.17) is 0 Å². The summed E-state index contributed by atoms with van der Waals surface area (Å²) in [6, 6.07) is 26.2. The van der Waals surface area contributed by atoms with E-state index < -0.39 is 0 Å². The van der Waals surface area contributed by atoms with Gasteiger partial charge >= 0.3 is 0 Å². The lowest BCUT2D eigenvalue weighted by molar-refractivity contribution is 1.45. The second-order valence-electron chi connectivity index (χ2n) is 5.96. The molecule has 0 saturated heterocycles. The van der Waals surface area contributed by atoms with Crippen molar-refractivity contribution in [3.8, 4) is 11.1 Å². The molecular weight excluding hydrogens is 276 g/mol. The number of hydrogen-bond acceptors (Lipinski definition) is 0. The first kappa shape index (κ1) is 15.3. The molecule has 0 heterocycles. The highest BCUT2D eigenvalue weighted by Crippen LogP contribution is 2.38. The van der Waals surface area contributed by atoms with Crippen LogP contribution in [0.15, 0.2) is 72.8 Å². The largest absolute Gasteiger partial charge is 0.0776 e. The summed E-state index contributed by atoms with van der Waals surface area (Å²) in [7, 11) is 0. The van der Waals surface area contributed by atoms with Crippen molar-refractivity contribution in [2.45, 2.75) is 21.3 Å². The molecule has 0 bridgehead atoms. The fourth-order valence-electron chi connectivity index (χ4n) is 3.42. The zero-order valence-corrected chi connectivity index (χ0v) is 12.9. The Hall–Kier alpha value is -2.60. The molecule has 4 aromatic rings. The van der Waals surface area contributed by atoms with Gasteiger partial charge < -0.3 is 0 Å². The first-order valence-electron chi connectivity index (χ1n) is 7.73. The van der Waals surface area contributed by atoms with Crippen LogP contribution in [-0.4, -0.2) is 0 Å². The fraction of sp³-hybridized carbons (Fsp3) is 0.130. The van der Waals surface area contributed by atoms with Gasteiger partial charge in [0, 0.05) is 0 Å². The lowest BCUT2D eigenvalue weighted by Crippen LogP contribution is -1.91. The lowest BCUT2D eigenvalue weighted by Gasteiger charge is -2.16. The molecule has 0 aliphatic carbocycles. The van der Waals surface area contributed by atoms with Crippen LogP contribution in [0.1, 0.15) is 18.6 Å². The Bertz CT molecular complexity index is 910. The van der Waals surface area contributed by atoms with Crippen molar-refractivity contribution in [2.24, 2.45) is 0 Å². The van der Waals surface area contributed by atoms with Crippen molar-refractivity contribution >= 4 is 21.5 Å². The molecule has 0 radical (unpaired) electrons. The second-order valence-corrected chi connectivity index (χ2v) is 5.96. The summed E-state index contributed by atoms with van der Waals surface area (Å²) < 4.78 is 0. The molecular formula is C23H22. The van der Waals surface area contributed by atoms with E-state index in [0.717, 1.165) is 0 Å². The van der Waals surface area contributed by atoms with E-state index in [1.165, 1.54) is 43.8 Å². The monoisotopic (exact) mass is 298 g/mol. The van der Waals surface area contributed by atoms with E-state index in [-0.39, 0.29) is 7.43 Å². The third kappa shape index (κ3) is 2.41. The smallest absolute Gasteiger partial charge is 0.00672 e. The SMILES string of the molecule is C.Cc1ccc2ccccc2c1-c1c(C)ccc2ccccc12. The van der Waals surface area contributed by atoms with Gasteiger partial charge in [0.2, 0.25) is 0 Å². The summed E-state index contributed by atoms with van der Waals surface area (Å²) in [5.41, 5.74) is 5.40. The van der Waals surface area contributed by atoms with Gasteiger partial charge in [-0.25, -0.2) is 0 Å². The van der Waals surface area contributed by atoms with Crippen molar-refractivity contribution < 1.29 is 0 Å². The first-order chi connectivity index (χ1) is 10.8. The van der Waals surface area contributed by atoms with Gasteiger partial charge in [-0.15, -0.1) is 0 Å². The third-order valence-electron chi connectivity index (χ3n) is 4.52. The first-order valence-corrected chi connectivity index (χ1v) is 7.73. The molecule has 0 unspecified atom stereocenters. The van der Waals surface area contributed by atoms with Gasteiger partial charge in [-0.3, -0.25) is 0 Å². The number of benzene rings is 4. The molecule has 0 amide bonds. The molecule has 4 aromatic carbocycles. The average molecular weight is 298 g/mol. The van der Waals surface area contributed by atoms with E-state index in [1.54, 1.807) is 0 Å². The van der Waals surface area contributed by atoms with E-state index in [9.17, 15) is 0 Å². The average Bonchev–Trinajstić information content (AvgIpc) is 2.56. The maximum atomic E-state index is 2.24. The van der Waals surface area contributed by atoms with Crippen molar-refractivity contribution in [1.29, 1.82) is 0 Å². The number of aryl methyl sites for hydroxylation is 2. The van der Waals surface area contributed by atoms with Crippen LogP contribution in [0.4, 0.5) is 0 Å². The van der Waals surface area contributed by atoms with Crippen molar-refractivity contribution in [1.82, 2.24) is 0 Å². The van der Waals surface area contributed by atoms with Gasteiger partial charge in [0.1, 0.15) is 0 Å². The molecule has 0 heteroatoms. The zero-order chi connectivity index (χ0) is 15.1. The maximum absolute atomic E-state index is 2.24. The molecule has 0 atom stereocenters. The molecule has 0 nitrogen and oxygen atoms in total. The molecule has 0 aliphatic rings. The number of fused-ring (bicyclic) bond motifs is 2. The molecule has 4 rings (SSSR count). The van der Waals surface area contributed by atoms with E-state index in [2.05, 4.69) is 86.6 Å². The quantitative estimate of drug-likeness (QED) is 0.358. The Morgan fingerprint density at radius 2 is 0.870 bits per heavy atom. The molecule has 0 spiro atoms. The number of rotatable bonds is 1. The predicted octanol–water partition coefficient (Wildman–Crippen LogP) is 6.91. The minimum absolute atomic E-state index is 0. The normalized spacial score (nSPS) is 10.7. The molecule has 23 heavy (non-hydrogen) atoms. The summed E-state index contributed by atoms with van der Waals surface area (Å²) in [6.07, 6.45) is 0. The van der Waals surface area contributed by atoms with Crippen LogP contribution < -0.4 is 0 Å². The molecule has 0 aliphatic heterocycles. The van der Waals surface area contributed by atoms with Gasteiger partial charge in [-0.1, -0.05) is 80.2 Å². The maximum Gasteiger partial charge on any atom is -0.00672 e. The third-order valence-corrected chi connectivity index (χ3v) is 4.52. The van der Waals surface area contributed by atoms with Gasteiger partial charge in [0.05, 0.1) is 0 Å². The summed E-state index contributed by atoms with van der Waals surface area (Å²) >= 11 is 0. The Morgan fingerprint density at radius 1 is 0.478 bits per heavy atom. The second kappa shape index (κ2) is 5.89. The van der Waals surface area contributed by atoms with Gasteiger partial charge in [-0.2, -0.15) is 0 Å². The van der Waals surface area contributed by atoms with Crippen LogP contribution in [0.5, 0.6) is 0 Å². The lowest BCUT2D eigenvalue weighted by atomic mass is 9.88. The summed E-state index contributed by atoms with van der Waals surface area (Å²) in [4.78, 5) is 0. The van der Waals surface area contributed by atoms with Gasteiger partial charge in [-0.05, 0) is 57.6 Å². The summed E-state index contributed by atoms with van der Waals surface area (Å²) in [5, 5.41) is 5.27. The molecule has 0 saturated carbocycles. The van der Waals surface area contributed by atoms with E-state index in [1.807, 2.05) is 0 Å². The van der Waals surface area contributed by atoms with Gasteiger partial charge in [0.25, 0.3) is 0 Å². The Balaban J connectivity index is 0.00000156. The van der Waals surface area contributed by atoms with Crippen LogP contribution in [0, 0.1) is 13.8 Å². The van der Waals surface area contributed by atoms with Crippen LogP contribution in [0.3, 0.4) is 0 Å². The van der Waals surface area contributed by atoms with Crippen molar-refractivity contribution in [3.63, 3.8) is 0 Å². The highest BCUT2D eigenvalue weighted by Gasteiger charge is 2.12. The van der Waals surface area contributed by atoms with Crippen molar-refractivity contribution in [3.05, 3.63) is 83.9 Å². The minimum atomic E-state index is 0. The van der Waals surface area contributed by atoms with Crippen LogP contribution in [-0.2, 0) is 0 Å². The topological polar surface area (TPSA) is 0 Å². The van der Waals surface area contributed by atoms with Gasteiger partial charge in [0.15, 0.2) is 0 Å². The minimum Gasteiger partial charge on any atom is -0.0776 e. The highest BCUT2D eigenvalue weighted by atomic mass is 14.2. The summed E-state index contributed by atoms with van der Waals surface area (Å²) in [5.74, 6) is 0. The fourth-order valence-corrected chi connectivity index (χ4v) is 3.42. The Kier molecular flexibility index (Phi) is 3.92. The van der Waals surface area contributed by atoms with E-state index in [0.29, 0.717) is 0 Å². The molecule has 114 valence electrons. The molecule has 0 aromatic heterocycles. The number of hydrogen-bond donors (Lipinski definition) is 0. The molecule has 0 N–H and O–H groups in total. The predicted molar refractivity (Wildman–Crippen MR) is 103 cm³/mol.